The van der Waals surface area contributed by atoms with Crippen LogP contribution in [0.25, 0.3) is 0 Å². The zero-order valence-corrected chi connectivity index (χ0v) is 17.3. The van der Waals surface area contributed by atoms with Crippen molar-refractivity contribution >= 4 is 11.8 Å². The van der Waals surface area contributed by atoms with Crippen molar-refractivity contribution in [3.63, 3.8) is 0 Å². The van der Waals surface area contributed by atoms with Crippen molar-refractivity contribution in [2.24, 2.45) is 23.2 Å². The molecule has 4 nitrogen and oxygen atoms in total. The Morgan fingerprint density at radius 2 is 1.66 bits per heavy atom. The lowest BCUT2D eigenvalue weighted by Crippen LogP contribution is -2.57. The Hall–Kier alpha value is -1.91. The van der Waals surface area contributed by atoms with Crippen molar-refractivity contribution in [2.45, 2.75) is 64.0 Å². The third kappa shape index (κ3) is 3.36. The minimum atomic E-state index is -0.332. The molecule has 29 heavy (non-hydrogen) atoms. The zero-order valence-electron chi connectivity index (χ0n) is 17.3. The molecule has 0 spiro atoms. The minimum absolute atomic E-state index is 0.0184. The Labute approximate surface area is 172 Å². The zero-order chi connectivity index (χ0) is 20.2. The summed E-state index contributed by atoms with van der Waals surface area (Å²) in [4.78, 5) is 30.6. The van der Waals surface area contributed by atoms with Crippen LogP contribution >= 0.6 is 0 Å². The molecule has 4 saturated carbocycles. The van der Waals surface area contributed by atoms with Gasteiger partial charge in [-0.05, 0) is 86.8 Å². The molecule has 1 unspecified atom stereocenters. The lowest BCUT2D eigenvalue weighted by atomic mass is 9.49. The van der Waals surface area contributed by atoms with Crippen molar-refractivity contribution in [1.82, 2.24) is 9.80 Å². The van der Waals surface area contributed by atoms with E-state index in [2.05, 4.69) is 0 Å². The van der Waals surface area contributed by atoms with Crippen LogP contribution in [-0.2, 0) is 16.1 Å². The summed E-state index contributed by atoms with van der Waals surface area (Å²) in [6.45, 7) is 1.15. The Morgan fingerprint density at radius 3 is 2.24 bits per heavy atom. The Balaban J connectivity index is 1.30. The van der Waals surface area contributed by atoms with Crippen LogP contribution in [0.4, 0.5) is 4.39 Å². The highest BCUT2D eigenvalue weighted by Gasteiger charge is 2.56. The first-order valence-corrected chi connectivity index (χ1v) is 11.2. The van der Waals surface area contributed by atoms with E-state index in [9.17, 15) is 14.0 Å². The van der Waals surface area contributed by atoms with Crippen LogP contribution in [-0.4, -0.2) is 41.2 Å². The molecule has 6 rings (SSSR count). The van der Waals surface area contributed by atoms with Crippen LogP contribution < -0.4 is 0 Å². The van der Waals surface area contributed by atoms with Crippen molar-refractivity contribution < 1.29 is 14.0 Å². The number of benzene rings is 1. The van der Waals surface area contributed by atoms with E-state index in [1.807, 2.05) is 4.90 Å². The molecule has 4 bridgehead atoms. The summed E-state index contributed by atoms with van der Waals surface area (Å²) < 4.78 is 13.2. The van der Waals surface area contributed by atoms with Crippen LogP contribution in [0, 0.1) is 29.0 Å². The van der Waals surface area contributed by atoms with E-state index in [0.29, 0.717) is 13.1 Å². The fourth-order valence-corrected chi connectivity index (χ4v) is 7.14. The molecule has 156 valence electrons. The van der Waals surface area contributed by atoms with E-state index in [1.54, 1.807) is 24.1 Å². The number of likely N-dealkylation sites (N-methyl/N-ethyl adjacent to an activating group) is 1. The standard InChI is InChI=1S/C24H31FN2O2/c1-26(15-16-4-6-20(25)7-5-16)22(28)21-3-2-8-27(21)23(29)24-12-17-9-18(13-24)11-19(10-17)14-24/h4-7,17-19,21H,2-3,8-15H2,1H3. The number of rotatable bonds is 4. The van der Waals surface area contributed by atoms with Gasteiger partial charge >= 0.3 is 0 Å². The molecule has 1 aliphatic heterocycles. The second-order valence-electron chi connectivity index (χ2n) is 10.2. The molecule has 5 aliphatic rings. The van der Waals surface area contributed by atoms with Gasteiger partial charge in [-0.15, -0.1) is 0 Å². The van der Waals surface area contributed by atoms with Gasteiger partial charge < -0.3 is 9.80 Å². The van der Waals surface area contributed by atoms with Crippen molar-refractivity contribution in [2.75, 3.05) is 13.6 Å². The van der Waals surface area contributed by atoms with Crippen LogP contribution in [0.15, 0.2) is 24.3 Å². The SMILES string of the molecule is CN(Cc1ccc(F)cc1)C(=O)C1CCCN1C(=O)C12CC3CC(CC(C3)C1)C2. The van der Waals surface area contributed by atoms with Crippen molar-refractivity contribution in [1.29, 1.82) is 0 Å². The van der Waals surface area contributed by atoms with Gasteiger partial charge in [0.05, 0.1) is 5.41 Å². The third-order valence-corrected chi connectivity index (χ3v) is 8.00. The molecule has 2 amide bonds. The van der Waals surface area contributed by atoms with Crippen molar-refractivity contribution in [3.05, 3.63) is 35.6 Å². The van der Waals surface area contributed by atoms with E-state index in [4.69, 9.17) is 0 Å². The molecule has 0 radical (unpaired) electrons. The molecule has 1 saturated heterocycles. The second kappa shape index (κ2) is 7.10. The van der Waals surface area contributed by atoms with E-state index in [1.165, 1.54) is 31.4 Å². The fourth-order valence-electron chi connectivity index (χ4n) is 7.14. The molecular weight excluding hydrogens is 367 g/mol. The maximum atomic E-state index is 13.7. The van der Waals surface area contributed by atoms with Gasteiger partial charge in [-0.2, -0.15) is 0 Å². The number of carbonyl (C=O) groups excluding carboxylic acids is 2. The van der Waals surface area contributed by atoms with Gasteiger partial charge in [0.2, 0.25) is 11.8 Å². The quantitative estimate of drug-likeness (QED) is 0.769. The lowest BCUT2D eigenvalue weighted by molar-refractivity contribution is -0.161. The van der Waals surface area contributed by atoms with E-state index >= 15 is 0 Å². The van der Waals surface area contributed by atoms with Gasteiger partial charge in [0, 0.05) is 20.1 Å². The van der Waals surface area contributed by atoms with E-state index in [-0.39, 0.29) is 29.1 Å². The smallest absolute Gasteiger partial charge is 0.245 e. The topological polar surface area (TPSA) is 40.6 Å². The molecule has 1 atom stereocenters. The van der Waals surface area contributed by atoms with E-state index in [0.717, 1.165) is 55.4 Å². The average molecular weight is 399 g/mol. The lowest BCUT2D eigenvalue weighted by Gasteiger charge is -2.56. The first-order chi connectivity index (χ1) is 13.9. The highest BCUT2D eigenvalue weighted by Crippen LogP contribution is 2.60. The summed E-state index contributed by atoms with van der Waals surface area (Å²) in [5, 5.41) is 0. The Kier molecular flexibility index (Phi) is 4.67. The monoisotopic (exact) mass is 398 g/mol. The molecule has 0 aromatic heterocycles. The molecular formula is C24H31FN2O2. The highest BCUT2D eigenvalue weighted by atomic mass is 19.1. The highest BCUT2D eigenvalue weighted by molar-refractivity contribution is 5.91. The summed E-state index contributed by atoms with van der Waals surface area (Å²) >= 11 is 0. The van der Waals surface area contributed by atoms with Gasteiger partial charge in [0.15, 0.2) is 0 Å². The van der Waals surface area contributed by atoms with Gasteiger partial charge in [-0.25, -0.2) is 4.39 Å². The Bertz CT molecular complexity index is 770. The maximum Gasteiger partial charge on any atom is 0.245 e. The molecule has 1 aromatic rings. The summed E-state index contributed by atoms with van der Waals surface area (Å²) in [6, 6.07) is 5.94. The number of hydrogen-bond acceptors (Lipinski definition) is 2. The summed E-state index contributed by atoms with van der Waals surface area (Å²) in [6.07, 6.45) is 8.73. The molecule has 4 aliphatic carbocycles. The molecule has 5 heteroatoms. The third-order valence-electron chi connectivity index (χ3n) is 8.00. The van der Waals surface area contributed by atoms with Crippen LogP contribution in [0.5, 0.6) is 0 Å². The second-order valence-corrected chi connectivity index (χ2v) is 10.2. The number of nitrogens with zero attached hydrogens (tertiary/aromatic N) is 2. The maximum absolute atomic E-state index is 13.7. The predicted octanol–water partition coefficient (Wildman–Crippen LogP) is 3.99. The Morgan fingerprint density at radius 1 is 1.07 bits per heavy atom. The molecule has 5 fully saturated rings. The van der Waals surface area contributed by atoms with Crippen LogP contribution in [0.3, 0.4) is 0 Å². The number of amides is 2. The number of carbonyl (C=O) groups is 2. The van der Waals surface area contributed by atoms with Gasteiger partial charge in [-0.1, -0.05) is 12.1 Å². The van der Waals surface area contributed by atoms with Gasteiger partial charge in [0.25, 0.3) is 0 Å². The van der Waals surface area contributed by atoms with Gasteiger partial charge in [0.1, 0.15) is 11.9 Å². The molecule has 1 heterocycles. The largest absolute Gasteiger partial charge is 0.340 e. The first-order valence-electron chi connectivity index (χ1n) is 11.2. The van der Waals surface area contributed by atoms with Gasteiger partial charge in [-0.3, -0.25) is 9.59 Å². The summed E-state index contributed by atoms with van der Waals surface area (Å²) in [7, 11) is 1.79. The summed E-state index contributed by atoms with van der Waals surface area (Å²) in [5.41, 5.74) is 0.715. The minimum Gasteiger partial charge on any atom is -0.340 e. The summed E-state index contributed by atoms with van der Waals surface area (Å²) in [5.74, 6) is 2.19. The van der Waals surface area contributed by atoms with Crippen LogP contribution in [0.1, 0.15) is 56.9 Å². The number of halogens is 1. The number of likely N-dealkylation sites (tertiary alicyclic amines) is 1. The van der Waals surface area contributed by atoms with Crippen LogP contribution in [0.2, 0.25) is 0 Å². The fraction of sp³-hybridized carbons (Fsp3) is 0.667. The normalized spacial score (nSPS) is 35.2. The van der Waals surface area contributed by atoms with E-state index < -0.39 is 0 Å². The van der Waals surface area contributed by atoms with Crippen molar-refractivity contribution in [3.8, 4) is 0 Å². The number of hydrogen-bond donors (Lipinski definition) is 0. The molecule has 1 aromatic carbocycles. The molecule has 0 N–H and O–H groups in total. The average Bonchev–Trinajstić information content (AvgIpc) is 3.17. The first kappa shape index (κ1) is 19.1. The predicted molar refractivity (Wildman–Crippen MR) is 108 cm³/mol.